The van der Waals surface area contributed by atoms with Crippen LogP contribution in [0.5, 0.6) is 5.75 Å². The molecule has 1 aromatic heterocycles. The number of hydrogen-bond acceptors (Lipinski definition) is 3. The van der Waals surface area contributed by atoms with Gasteiger partial charge in [0.1, 0.15) is 22.2 Å². The highest BCUT2D eigenvalue weighted by Crippen LogP contribution is 2.29. The van der Waals surface area contributed by atoms with Crippen molar-refractivity contribution < 1.29 is 14.6 Å². The number of benzene rings is 1. The van der Waals surface area contributed by atoms with Crippen LogP contribution in [0.3, 0.4) is 0 Å². The van der Waals surface area contributed by atoms with Crippen LogP contribution in [-0.4, -0.2) is 27.5 Å². The van der Waals surface area contributed by atoms with E-state index >= 15 is 0 Å². The molecule has 5 nitrogen and oxygen atoms in total. The van der Waals surface area contributed by atoms with Gasteiger partial charge < -0.3 is 9.84 Å². The third-order valence-corrected chi connectivity index (χ3v) is 3.19. The van der Waals surface area contributed by atoms with E-state index in [1.165, 1.54) is 4.68 Å². The Hall–Kier alpha value is -2.01. The average Bonchev–Trinajstić information content (AvgIpc) is 2.77. The lowest BCUT2D eigenvalue weighted by molar-refractivity contribution is 0.0696. The highest BCUT2D eigenvalue weighted by molar-refractivity contribution is 6.33. The maximum absolute atomic E-state index is 11.3. The topological polar surface area (TPSA) is 64.4 Å². The summed E-state index contributed by atoms with van der Waals surface area (Å²) in [6.07, 6.45) is 0.491. The smallest absolute Gasteiger partial charge is 0.340 e. The first-order valence-electron chi connectivity index (χ1n) is 6.33. The molecule has 0 saturated carbocycles. The van der Waals surface area contributed by atoms with Crippen molar-refractivity contribution in [3.05, 3.63) is 40.7 Å². The molecule has 0 aliphatic carbocycles. The summed E-state index contributed by atoms with van der Waals surface area (Å²) in [5, 5.41) is 13.6. The first-order valence-corrected chi connectivity index (χ1v) is 6.70. The van der Waals surface area contributed by atoms with Crippen LogP contribution in [0.15, 0.2) is 24.3 Å². The molecule has 0 atom stereocenters. The molecule has 0 fully saturated rings. The van der Waals surface area contributed by atoms with E-state index < -0.39 is 5.97 Å². The Balaban J connectivity index is 2.62. The monoisotopic (exact) mass is 294 g/mol. The Morgan fingerprint density at radius 2 is 2.10 bits per heavy atom. The van der Waals surface area contributed by atoms with Crippen molar-refractivity contribution in [3.8, 4) is 11.4 Å². The predicted molar refractivity (Wildman–Crippen MR) is 76.1 cm³/mol. The first-order chi connectivity index (χ1) is 9.60. The second-order valence-electron chi connectivity index (χ2n) is 4.08. The number of halogens is 1. The largest absolute Gasteiger partial charge is 0.492 e. The van der Waals surface area contributed by atoms with Crippen molar-refractivity contribution in [2.45, 2.75) is 20.3 Å². The summed E-state index contributed by atoms with van der Waals surface area (Å²) in [4.78, 5) is 11.3. The number of para-hydroxylation sites is 2. The highest BCUT2D eigenvalue weighted by atomic mass is 35.5. The number of carboxylic acids is 1. The van der Waals surface area contributed by atoms with Gasteiger partial charge in [-0.05, 0) is 25.5 Å². The molecule has 6 heteroatoms. The zero-order chi connectivity index (χ0) is 14.7. The molecule has 0 saturated heterocycles. The molecule has 0 aliphatic rings. The van der Waals surface area contributed by atoms with Crippen LogP contribution in [0.25, 0.3) is 5.69 Å². The number of carboxylic acid groups (broad SMARTS) is 1. The van der Waals surface area contributed by atoms with E-state index in [2.05, 4.69) is 5.10 Å². The Kier molecular flexibility index (Phi) is 4.29. The normalized spacial score (nSPS) is 10.6. The molecule has 2 rings (SSSR count). The fourth-order valence-electron chi connectivity index (χ4n) is 1.97. The molecule has 1 N–H and O–H groups in total. The number of nitrogens with zero attached hydrogens (tertiary/aromatic N) is 2. The Morgan fingerprint density at radius 1 is 1.40 bits per heavy atom. The van der Waals surface area contributed by atoms with E-state index in [1.807, 2.05) is 26.0 Å². The Bertz CT molecular complexity index is 637. The summed E-state index contributed by atoms with van der Waals surface area (Å²) < 4.78 is 6.93. The van der Waals surface area contributed by atoms with Crippen LogP contribution < -0.4 is 4.74 Å². The van der Waals surface area contributed by atoms with E-state index in [4.69, 9.17) is 16.3 Å². The van der Waals surface area contributed by atoms with Crippen LogP contribution in [-0.2, 0) is 6.42 Å². The third kappa shape index (κ3) is 2.49. The van der Waals surface area contributed by atoms with Gasteiger partial charge in [-0.1, -0.05) is 30.7 Å². The number of hydrogen-bond donors (Lipinski definition) is 1. The number of aromatic carboxylic acids is 1. The summed E-state index contributed by atoms with van der Waals surface area (Å²) in [5.41, 5.74) is 1.12. The van der Waals surface area contributed by atoms with Gasteiger partial charge in [0.15, 0.2) is 0 Å². The van der Waals surface area contributed by atoms with Gasteiger partial charge in [-0.25, -0.2) is 9.48 Å². The molecule has 20 heavy (non-hydrogen) atoms. The molecule has 0 amide bonds. The summed E-state index contributed by atoms with van der Waals surface area (Å²) >= 11 is 6.17. The quantitative estimate of drug-likeness (QED) is 0.920. The third-order valence-electron chi connectivity index (χ3n) is 2.84. The van der Waals surface area contributed by atoms with Gasteiger partial charge in [-0.15, -0.1) is 0 Å². The summed E-state index contributed by atoms with van der Waals surface area (Å²) in [7, 11) is 0. The zero-order valence-electron chi connectivity index (χ0n) is 11.3. The van der Waals surface area contributed by atoms with Crippen molar-refractivity contribution in [2.24, 2.45) is 0 Å². The predicted octanol–water partition coefficient (Wildman–Crippen LogP) is 3.19. The minimum atomic E-state index is -1.08. The van der Waals surface area contributed by atoms with Gasteiger partial charge in [0.25, 0.3) is 0 Å². The molecule has 0 aliphatic heterocycles. The number of carbonyl (C=O) groups is 1. The maximum Gasteiger partial charge on any atom is 0.340 e. The maximum atomic E-state index is 11.3. The summed E-state index contributed by atoms with van der Waals surface area (Å²) in [6, 6.07) is 7.24. The fourth-order valence-corrected chi connectivity index (χ4v) is 2.29. The lowest BCUT2D eigenvalue weighted by Crippen LogP contribution is -2.02. The molecule has 0 radical (unpaired) electrons. The number of ether oxygens (including phenoxy) is 1. The van der Waals surface area contributed by atoms with E-state index in [0.29, 0.717) is 30.2 Å². The van der Waals surface area contributed by atoms with Gasteiger partial charge in [0, 0.05) is 0 Å². The lowest BCUT2D eigenvalue weighted by atomic mass is 10.2. The average molecular weight is 295 g/mol. The van der Waals surface area contributed by atoms with E-state index in [0.717, 1.165) is 0 Å². The second kappa shape index (κ2) is 5.96. The molecule has 0 bridgehead atoms. The van der Waals surface area contributed by atoms with Crippen molar-refractivity contribution in [1.82, 2.24) is 9.78 Å². The van der Waals surface area contributed by atoms with Crippen molar-refractivity contribution >= 4 is 17.6 Å². The minimum Gasteiger partial charge on any atom is -0.492 e. The van der Waals surface area contributed by atoms with Gasteiger partial charge >= 0.3 is 5.97 Å². The van der Waals surface area contributed by atoms with E-state index in [1.54, 1.807) is 12.1 Å². The first kappa shape index (κ1) is 14.4. The zero-order valence-corrected chi connectivity index (χ0v) is 12.0. The molecular formula is C14H15ClN2O3. The molecule has 1 aromatic carbocycles. The molecule has 0 unspecified atom stereocenters. The second-order valence-corrected chi connectivity index (χ2v) is 4.44. The molecule has 106 valence electrons. The SMILES string of the molecule is CCOc1ccccc1-n1nc(CC)c(C(=O)O)c1Cl. The van der Waals surface area contributed by atoms with Gasteiger partial charge in [0.2, 0.25) is 0 Å². The molecule has 1 heterocycles. The Morgan fingerprint density at radius 3 is 2.65 bits per heavy atom. The van der Waals surface area contributed by atoms with Crippen molar-refractivity contribution in [1.29, 1.82) is 0 Å². The van der Waals surface area contributed by atoms with Crippen molar-refractivity contribution in [3.63, 3.8) is 0 Å². The Labute approximate surface area is 121 Å². The van der Waals surface area contributed by atoms with Crippen LogP contribution >= 0.6 is 11.6 Å². The molecule has 2 aromatic rings. The molecular weight excluding hydrogens is 280 g/mol. The van der Waals surface area contributed by atoms with Gasteiger partial charge in [-0.3, -0.25) is 0 Å². The number of rotatable bonds is 5. The van der Waals surface area contributed by atoms with Crippen LogP contribution in [0.2, 0.25) is 5.15 Å². The summed E-state index contributed by atoms with van der Waals surface area (Å²) in [6.45, 7) is 4.22. The lowest BCUT2D eigenvalue weighted by Gasteiger charge is -2.10. The van der Waals surface area contributed by atoms with Gasteiger partial charge in [-0.2, -0.15) is 5.10 Å². The van der Waals surface area contributed by atoms with Crippen LogP contribution in [0.4, 0.5) is 0 Å². The highest BCUT2D eigenvalue weighted by Gasteiger charge is 2.23. The minimum absolute atomic E-state index is 0.0421. The summed E-state index contributed by atoms with van der Waals surface area (Å²) in [5.74, 6) is -0.467. The fraction of sp³-hybridized carbons (Fsp3) is 0.286. The number of aryl methyl sites for hydroxylation is 1. The van der Waals surface area contributed by atoms with Crippen LogP contribution in [0, 0.1) is 0 Å². The standard InChI is InChI=1S/C14H15ClN2O3/c1-3-9-12(14(18)19)13(15)17(16-9)10-7-5-6-8-11(10)20-4-2/h5-8H,3-4H2,1-2H3,(H,18,19). The van der Waals surface area contributed by atoms with E-state index in [-0.39, 0.29) is 10.7 Å². The van der Waals surface area contributed by atoms with Gasteiger partial charge in [0.05, 0.1) is 12.3 Å². The van der Waals surface area contributed by atoms with Crippen molar-refractivity contribution in [2.75, 3.05) is 6.61 Å². The number of aromatic nitrogens is 2. The van der Waals surface area contributed by atoms with E-state index in [9.17, 15) is 9.90 Å². The van der Waals surface area contributed by atoms with Crippen LogP contribution in [0.1, 0.15) is 29.9 Å². The molecule has 0 spiro atoms.